The molecular weight excluding hydrogens is 296 g/mol. The largest absolute Gasteiger partial charge is 0.399 e. The van der Waals surface area contributed by atoms with Crippen LogP contribution in [0.3, 0.4) is 0 Å². The van der Waals surface area contributed by atoms with Gasteiger partial charge in [-0.1, -0.05) is 0 Å². The van der Waals surface area contributed by atoms with Crippen LogP contribution >= 0.6 is 0 Å². The number of nitrogens with two attached hydrogens (primary N) is 1. The molecule has 1 saturated heterocycles. The quantitative estimate of drug-likeness (QED) is 0.817. The van der Waals surface area contributed by atoms with E-state index in [-0.39, 0.29) is 6.04 Å². The molecule has 2 rings (SSSR count). The molecule has 0 aromatic heterocycles. The summed E-state index contributed by atoms with van der Waals surface area (Å²) in [5.41, 5.74) is 7.58. The summed E-state index contributed by atoms with van der Waals surface area (Å²) in [6, 6.07) is 3.20. The van der Waals surface area contributed by atoms with Crippen LogP contribution in [-0.2, 0) is 20.8 Å². The minimum atomic E-state index is -3.56. The molecule has 1 fully saturated rings. The topological polar surface area (TPSA) is 89.3 Å². The molecule has 20 heavy (non-hydrogen) atoms. The average Bonchev–Trinajstić information content (AvgIpc) is 2.30. The smallest absolute Gasteiger partial charge is 0.241 e. The maximum atomic E-state index is 12.5. The molecule has 0 amide bonds. The van der Waals surface area contributed by atoms with Crippen molar-refractivity contribution < 1.29 is 12.6 Å². The zero-order valence-electron chi connectivity index (χ0n) is 11.7. The van der Waals surface area contributed by atoms with E-state index in [9.17, 15) is 12.6 Å². The van der Waals surface area contributed by atoms with Gasteiger partial charge in [0.2, 0.25) is 10.0 Å². The highest BCUT2D eigenvalue weighted by Gasteiger charge is 2.26. The van der Waals surface area contributed by atoms with E-state index in [4.69, 9.17) is 5.73 Å². The van der Waals surface area contributed by atoms with E-state index in [2.05, 4.69) is 4.72 Å². The van der Waals surface area contributed by atoms with Crippen molar-refractivity contribution in [3.63, 3.8) is 0 Å². The van der Waals surface area contributed by atoms with Crippen molar-refractivity contribution in [2.75, 3.05) is 17.2 Å². The fourth-order valence-electron chi connectivity index (χ4n) is 2.60. The van der Waals surface area contributed by atoms with Crippen molar-refractivity contribution in [1.82, 2.24) is 4.72 Å². The van der Waals surface area contributed by atoms with Gasteiger partial charge in [0, 0.05) is 34.0 Å². The standard InChI is InChI=1S/C13H20N2O3S2/c1-9-7-11(14)8-10(2)13(9)20(17,18)15-12-3-5-19(16)6-4-12/h7-8,12,15H,3-6,14H2,1-2H3. The van der Waals surface area contributed by atoms with Crippen molar-refractivity contribution in [3.8, 4) is 0 Å². The number of hydrogen-bond acceptors (Lipinski definition) is 4. The first-order chi connectivity index (χ1) is 9.29. The predicted octanol–water partition coefficient (Wildman–Crippen LogP) is 1.08. The molecule has 0 bridgehead atoms. The summed E-state index contributed by atoms with van der Waals surface area (Å²) in [5, 5.41) is 0. The molecule has 0 unspecified atom stereocenters. The lowest BCUT2D eigenvalue weighted by molar-refractivity contribution is 0.521. The molecule has 1 aromatic rings. The fraction of sp³-hybridized carbons (Fsp3) is 0.538. The Bertz CT molecular complexity index is 608. The van der Waals surface area contributed by atoms with Crippen molar-refractivity contribution >= 4 is 26.5 Å². The van der Waals surface area contributed by atoms with Gasteiger partial charge in [0.1, 0.15) is 0 Å². The Balaban J connectivity index is 2.25. The number of aryl methyl sites for hydroxylation is 2. The summed E-state index contributed by atoms with van der Waals surface area (Å²) < 4.78 is 39.1. The highest BCUT2D eigenvalue weighted by atomic mass is 32.2. The third kappa shape index (κ3) is 3.39. The molecule has 1 heterocycles. The van der Waals surface area contributed by atoms with E-state index in [1.54, 1.807) is 26.0 Å². The Morgan fingerprint density at radius 3 is 2.20 bits per heavy atom. The summed E-state index contributed by atoms with van der Waals surface area (Å²) in [5.74, 6) is 1.12. The number of benzene rings is 1. The summed E-state index contributed by atoms with van der Waals surface area (Å²) in [6.07, 6.45) is 1.25. The lowest BCUT2D eigenvalue weighted by atomic mass is 10.1. The van der Waals surface area contributed by atoms with Crippen molar-refractivity contribution in [2.45, 2.75) is 37.6 Å². The first-order valence-corrected chi connectivity index (χ1v) is 9.51. The highest BCUT2D eigenvalue weighted by Crippen LogP contribution is 2.24. The van der Waals surface area contributed by atoms with Crippen LogP contribution in [0.5, 0.6) is 0 Å². The van der Waals surface area contributed by atoms with Crippen LogP contribution in [0.1, 0.15) is 24.0 Å². The first-order valence-electron chi connectivity index (χ1n) is 6.53. The van der Waals surface area contributed by atoms with Gasteiger partial charge in [-0.3, -0.25) is 4.21 Å². The Kier molecular flexibility index (Phi) is 4.51. The number of rotatable bonds is 3. The van der Waals surface area contributed by atoms with Crippen LogP contribution in [0.15, 0.2) is 17.0 Å². The molecule has 112 valence electrons. The maximum Gasteiger partial charge on any atom is 0.241 e. The third-order valence-electron chi connectivity index (χ3n) is 3.46. The Morgan fingerprint density at radius 1 is 1.20 bits per heavy atom. The Hall–Kier alpha value is -0.920. The Labute approximate surface area is 122 Å². The second kappa shape index (κ2) is 5.83. The SMILES string of the molecule is Cc1cc(N)cc(C)c1S(=O)(=O)NC1CCS(=O)CC1. The van der Waals surface area contributed by atoms with Gasteiger partial charge in [-0.15, -0.1) is 0 Å². The van der Waals surface area contributed by atoms with Gasteiger partial charge in [0.25, 0.3) is 0 Å². The summed E-state index contributed by atoms with van der Waals surface area (Å²) in [7, 11) is -4.36. The molecular formula is C13H20N2O3S2. The van der Waals surface area contributed by atoms with Crippen molar-refractivity contribution in [1.29, 1.82) is 0 Å². The van der Waals surface area contributed by atoms with Crippen LogP contribution in [0, 0.1) is 13.8 Å². The molecule has 1 aliphatic heterocycles. The number of nitrogens with one attached hydrogen (secondary N) is 1. The van der Waals surface area contributed by atoms with Crippen LogP contribution in [-0.4, -0.2) is 30.2 Å². The minimum Gasteiger partial charge on any atom is -0.399 e. The number of anilines is 1. The Morgan fingerprint density at radius 2 is 1.70 bits per heavy atom. The zero-order chi connectivity index (χ0) is 14.9. The molecule has 1 aromatic carbocycles. The second-order valence-corrected chi connectivity index (χ2v) is 8.57. The monoisotopic (exact) mass is 316 g/mol. The van der Waals surface area contributed by atoms with E-state index < -0.39 is 20.8 Å². The van der Waals surface area contributed by atoms with Gasteiger partial charge in [-0.25, -0.2) is 13.1 Å². The fourth-order valence-corrected chi connectivity index (χ4v) is 5.65. The van der Waals surface area contributed by atoms with Crippen LogP contribution < -0.4 is 10.5 Å². The molecule has 3 N–H and O–H groups in total. The molecule has 5 nitrogen and oxygen atoms in total. The number of hydrogen-bond donors (Lipinski definition) is 2. The van der Waals surface area contributed by atoms with Crippen LogP contribution in [0.25, 0.3) is 0 Å². The number of nitrogen functional groups attached to an aromatic ring is 1. The van der Waals surface area contributed by atoms with Crippen molar-refractivity contribution in [2.24, 2.45) is 0 Å². The van der Waals surface area contributed by atoms with Gasteiger partial charge in [-0.2, -0.15) is 0 Å². The van der Waals surface area contributed by atoms with E-state index in [1.807, 2.05) is 0 Å². The highest BCUT2D eigenvalue weighted by molar-refractivity contribution is 7.89. The van der Waals surface area contributed by atoms with E-state index >= 15 is 0 Å². The van der Waals surface area contributed by atoms with Gasteiger partial charge < -0.3 is 5.73 Å². The first kappa shape index (κ1) is 15.5. The summed E-state index contributed by atoms with van der Waals surface area (Å²) in [4.78, 5) is 0.304. The predicted molar refractivity (Wildman–Crippen MR) is 81.5 cm³/mol. The molecule has 7 heteroatoms. The van der Waals surface area contributed by atoms with Gasteiger partial charge in [0.05, 0.1) is 4.90 Å². The van der Waals surface area contributed by atoms with Gasteiger partial charge in [-0.05, 0) is 49.9 Å². The van der Waals surface area contributed by atoms with Crippen LogP contribution in [0.2, 0.25) is 0 Å². The molecule has 0 saturated carbocycles. The van der Waals surface area contributed by atoms with E-state index in [0.29, 0.717) is 46.1 Å². The van der Waals surface area contributed by atoms with Crippen molar-refractivity contribution in [3.05, 3.63) is 23.3 Å². The summed E-state index contributed by atoms with van der Waals surface area (Å²) >= 11 is 0. The number of sulfonamides is 1. The van der Waals surface area contributed by atoms with E-state index in [0.717, 1.165) is 0 Å². The minimum absolute atomic E-state index is 0.131. The molecule has 0 aliphatic carbocycles. The second-order valence-electron chi connectivity index (χ2n) is 5.23. The molecule has 0 radical (unpaired) electrons. The maximum absolute atomic E-state index is 12.5. The zero-order valence-corrected chi connectivity index (χ0v) is 13.3. The summed E-state index contributed by atoms with van der Waals surface area (Å²) in [6.45, 7) is 3.49. The average molecular weight is 316 g/mol. The lowest BCUT2D eigenvalue weighted by Crippen LogP contribution is -2.40. The van der Waals surface area contributed by atoms with E-state index in [1.165, 1.54) is 0 Å². The lowest BCUT2D eigenvalue weighted by Gasteiger charge is -2.23. The molecule has 1 aliphatic rings. The van der Waals surface area contributed by atoms with Gasteiger partial charge >= 0.3 is 0 Å². The third-order valence-corrected chi connectivity index (χ3v) is 6.67. The molecule has 0 atom stereocenters. The van der Waals surface area contributed by atoms with Crippen LogP contribution in [0.4, 0.5) is 5.69 Å². The van der Waals surface area contributed by atoms with Gasteiger partial charge in [0.15, 0.2) is 0 Å². The normalized spacial score (nSPS) is 23.7. The molecule has 0 spiro atoms.